The third-order valence-corrected chi connectivity index (χ3v) is 5.31. The first kappa shape index (κ1) is 21.3. The van der Waals surface area contributed by atoms with Crippen LogP contribution in [0.2, 0.25) is 0 Å². The Morgan fingerprint density at radius 2 is 2.00 bits per heavy atom. The van der Waals surface area contributed by atoms with Crippen LogP contribution in [0.1, 0.15) is 37.6 Å². The molecule has 2 fully saturated rings. The van der Waals surface area contributed by atoms with Gasteiger partial charge in [0.25, 0.3) is 5.91 Å². The van der Waals surface area contributed by atoms with Gasteiger partial charge in [-0.05, 0) is 32.9 Å². The molecule has 0 spiro atoms. The summed E-state index contributed by atoms with van der Waals surface area (Å²) in [5, 5.41) is 2.77. The van der Waals surface area contributed by atoms with Crippen LogP contribution < -0.4 is 16.2 Å². The molecule has 0 radical (unpaired) electrons. The van der Waals surface area contributed by atoms with Gasteiger partial charge < -0.3 is 23.9 Å². The summed E-state index contributed by atoms with van der Waals surface area (Å²) in [5.41, 5.74) is 6.05. The predicted octanol–water partition coefficient (Wildman–Crippen LogP) is 0.730. The van der Waals surface area contributed by atoms with Gasteiger partial charge in [0, 0.05) is 6.54 Å². The maximum atomic E-state index is 12.6. The molecule has 0 saturated carbocycles. The molecule has 2 aliphatic rings. The van der Waals surface area contributed by atoms with E-state index in [1.165, 1.54) is 25.0 Å². The topological polar surface area (TPSA) is 155 Å². The molecule has 13 heteroatoms. The lowest BCUT2D eigenvalue weighted by molar-refractivity contribution is -0.197. The largest absolute Gasteiger partial charge is 0.459 e. The lowest BCUT2D eigenvalue weighted by Gasteiger charge is -2.24. The van der Waals surface area contributed by atoms with Crippen molar-refractivity contribution in [1.29, 1.82) is 0 Å². The summed E-state index contributed by atoms with van der Waals surface area (Å²) in [6.07, 6.45) is 1.52. The quantitative estimate of drug-likeness (QED) is 0.451. The highest BCUT2D eigenvalue weighted by atomic mass is 16.8. The number of ether oxygens (including phenoxy) is 3. The van der Waals surface area contributed by atoms with Crippen molar-refractivity contribution in [2.75, 3.05) is 12.0 Å². The normalized spacial score (nSPS) is 25.7. The first-order chi connectivity index (χ1) is 15.9. The Hall–Kier alpha value is -3.55. The number of rotatable bonds is 6. The zero-order valence-electron chi connectivity index (χ0n) is 18.1. The van der Waals surface area contributed by atoms with Crippen molar-refractivity contribution in [3.8, 4) is 0 Å². The Morgan fingerprint density at radius 3 is 2.76 bits per heavy atom. The molecule has 174 valence electrons. The van der Waals surface area contributed by atoms with Crippen LogP contribution in [-0.4, -0.2) is 62.0 Å². The number of imidazole rings is 1. The first-order valence-corrected chi connectivity index (χ1v) is 10.4. The molecular weight excluding hydrogens is 434 g/mol. The average molecular weight is 457 g/mol. The number of aromatic nitrogens is 4. The number of anilines is 1. The van der Waals surface area contributed by atoms with Gasteiger partial charge in [0.2, 0.25) is 0 Å². The summed E-state index contributed by atoms with van der Waals surface area (Å²) in [4.78, 5) is 37.6. The van der Waals surface area contributed by atoms with Gasteiger partial charge in [-0.15, -0.1) is 0 Å². The van der Waals surface area contributed by atoms with Crippen LogP contribution in [-0.2, 0) is 19.0 Å². The van der Waals surface area contributed by atoms with E-state index in [1.807, 2.05) is 6.92 Å². The number of likely N-dealkylation sites (N-methyl/N-ethyl adjacent to an activating group) is 1. The smallest absolute Gasteiger partial charge is 0.305 e. The SMILES string of the molecule is CCNC(=O)C1OC(n2cnc3c(NNC(=O)c4ccco4)ncnc32)C2OC(C)(C)OC12. The number of carbonyl (C=O) groups excluding carboxylic acids is 2. The van der Waals surface area contributed by atoms with Gasteiger partial charge in [0.05, 0.1) is 12.6 Å². The summed E-state index contributed by atoms with van der Waals surface area (Å²) < 4.78 is 24.8. The van der Waals surface area contributed by atoms with Gasteiger partial charge >= 0.3 is 5.91 Å². The average Bonchev–Trinajstić information content (AvgIpc) is 3.55. The van der Waals surface area contributed by atoms with E-state index in [0.717, 1.165) is 0 Å². The minimum atomic E-state index is -0.879. The van der Waals surface area contributed by atoms with Crippen molar-refractivity contribution < 1.29 is 28.2 Å². The maximum Gasteiger partial charge on any atom is 0.305 e. The van der Waals surface area contributed by atoms with Crippen LogP contribution in [0.15, 0.2) is 35.5 Å². The Bertz CT molecular complexity index is 1180. The van der Waals surface area contributed by atoms with Gasteiger partial charge in [0.1, 0.15) is 18.5 Å². The van der Waals surface area contributed by atoms with E-state index in [4.69, 9.17) is 18.6 Å². The Balaban J connectivity index is 1.42. The molecule has 2 aliphatic heterocycles. The minimum Gasteiger partial charge on any atom is -0.459 e. The van der Waals surface area contributed by atoms with Crippen LogP contribution >= 0.6 is 0 Å². The molecule has 3 N–H and O–H groups in total. The number of hydrazine groups is 1. The Labute approximate surface area is 187 Å². The Kier molecular flexibility index (Phi) is 5.23. The molecule has 2 saturated heterocycles. The van der Waals surface area contributed by atoms with Gasteiger partial charge in [-0.2, -0.15) is 0 Å². The van der Waals surface area contributed by atoms with E-state index < -0.39 is 36.2 Å². The fourth-order valence-electron chi connectivity index (χ4n) is 4.00. The highest BCUT2D eigenvalue weighted by Crippen LogP contribution is 2.43. The van der Waals surface area contributed by atoms with Crippen molar-refractivity contribution in [1.82, 2.24) is 30.3 Å². The van der Waals surface area contributed by atoms with E-state index in [9.17, 15) is 9.59 Å². The molecule has 3 aromatic heterocycles. The van der Waals surface area contributed by atoms with E-state index in [2.05, 4.69) is 31.1 Å². The van der Waals surface area contributed by atoms with Crippen LogP contribution in [0.4, 0.5) is 5.82 Å². The zero-order chi connectivity index (χ0) is 23.2. The molecule has 0 aliphatic carbocycles. The molecule has 2 amide bonds. The highest BCUT2D eigenvalue weighted by molar-refractivity contribution is 5.93. The molecule has 33 heavy (non-hydrogen) atoms. The second-order valence-electron chi connectivity index (χ2n) is 8.01. The number of hydrogen-bond acceptors (Lipinski definition) is 10. The maximum absolute atomic E-state index is 12.6. The Morgan fingerprint density at radius 1 is 1.18 bits per heavy atom. The standard InChI is InChI=1S/C20H23N7O6/c1-4-21-18(29)13-12-14(33-20(2,3)32-12)19(31-13)27-9-24-11-15(22-8-23-16(11)27)25-26-17(28)10-6-5-7-30-10/h5-9,12-14,19H,4H2,1-3H3,(H,21,29)(H,26,28)(H,22,23,25). The molecule has 0 aromatic carbocycles. The number of amides is 2. The fraction of sp³-hybridized carbons (Fsp3) is 0.450. The monoisotopic (exact) mass is 457 g/mol. The van der Waals surface area contributed by atoms with Crippen LogP contribution in [0, 0.1) is 0 Å². The summed E-state index contributed by atoms with van der Waals surface area (Å²) in [7, 11) is 0. The summed E-state index contributed by atoms with van der Waals surface area (Å²) in [6, 6.07) is 3.14. The van der Waals surface area contributed by atoms with Crippen molar-refractivity contribution in [3.63, 3.8) is 0 Å². The summed E-state index contributed by atoms with van der Waals surface area (Å²) in [5.74, 6) is -1.22. The lowest BCUT2D eigenvalue weighted by Crippen LogP contribution is -2.42. The lowest BCUT2D eigenvalue weighted by atomic mass is 10.1. The molecule has 4 unspecified atom stereocenters. The highest BCUT2D eigenvalue weighted by Gasteiger charge is 2.58. The number of fused-ring (bicyclic) bond motifs is 2. The van der Waals surface area contributed by atoms with Gasteiger partial charge in [-0.25, -0.2) is 15.0 Å². The van der Waals surface area contributed by atoms with Crippen LogP contribution in [0.25, 0.3) is 11.2 Å². The van der Waals surface area contributed by atoms with E-state index in [1.54, 1.807) is 24.5 Å². The zero-order valence-corrected chi connectivity index (χ0v) is 18.1. The number of nitrogens with zero attached hydrogens (tertiary/aromatic N) is 4. The van der Waals surface area contributed by atoms with Crippen molar-refractivity contribution in [2.24, 2.45) is 0 Å². The van der Waals surface area contributed by atoms with E-state index in [-0.39, 0.29) is 17.5 Å². The number of furan rings is 1. The third-order valence-electron chi connectivity index (χ3n) is 5.31. The van der Waals surface area contributed by atoms with Gasteiger partial charge in [0.15, 0.2) is 40.9 Å². The van der Waals surface area contributed by atoms with Gasteiger partial charge in [-0.1, -0.05) is 0 Å². The molecule has 0 bridgehead atoms. The fourth-order valence-corrected chi connectivity index (χ4v) is 4.00. The van der Waals surface area contributed by atoms with E-state index >= 15 is 0 Å². The molecule has 3 aromatic rings. The molecule has 4 atom stereocenters. The van der Waals surface area contributed by atoms with Crippen molar-refractivity contribution in [2.45, 2.75) is 51.1 Å². The predicted molar refractivity (Wildman–Crippen MR) is 112 cm³/mol. The molecular formula is C20H23N7O6. The van der Waals surface area contributed by atoms with Gasteiger partial charge in [-0.3, -0.25) is 25.0 Å². The molecule has 5 heterocycles. The second kappa shape index (κ2) is 8.10. The number of carbonyl (C=O) groups is 2. The number of nitrogens with one attached hydrogen (secondary N) is 3. The number of hydrogen-bond donors (Lipinski definition) is 3. The van der Waals surface area contributed by atoms with Crippen LogP contribution in [0.5, 0.6) is 0 Å². The first-order valence-electron chi connectivity index (χ1n) is 10.4. The molecule has 13 nitrogen and oxygen atoms in total. The van der Waals surface area contributed by atoms with Crippen molar-refractivity contribution >= 4 is 28.8 Å². The van der Waals surface area contributed by atoms with Crippen LogP contribution in [0.3, 0.4) is 0 Å². The van der Waals surface area contributed by atoms with E-state index in [0.29, 0.717) is 17.7 Å². The molecule has 5 rings (SSSR count). The summed E-state index contributed by atoms with van der Waals surface area (Å²) in [6.45, 7) is 5.87. The summed E-state index contributed by atoms with van der Waals surface area (Å²) >= 11 is 0. The minimum absolute atomic E-state index is 0.140. The third kappa shape index (κ3) is 3.79. The second-order valence-corrected chi connectivity index (χ2v) is 8.01. The van der Waals surface area contributed by atoms with Crippen molar-refractivity contribution in [3.05, 3.63) is 36.8 Å².